The van der Waals surface area contributed by atoms with E-state index in [1.54, 1.807) is 24.3 Å². The van der Waals surface area contributed by atoms with Crippen LogP contribution in [0.1, 0.15) is 44.1 Å². The second-order valence-corrected chi connectivity index (χ2v) is 10.6. The smallest absolute Gasteiger partial charge is 0.243 e. The molecule has 1 spiro atoms. The van der Waals surface area contributed by atoms with Crippen LogP contribution < -0.4 is 0 Å². The number of hydrogen-bond donors (Lipinski definition) is 0. The molecule has 0 aromatic heterocycles. The zero-order chi connectivity index (χ0) is 20.6. The van der Waals surface area contributed by atoms with Gasteiger partial charge in [0.2, 0.25) is 21.8 Å². The number of rotatable bonds is 4. The van der Waals surface area contributed by atoms with Crippen LogP contribution >= 0.6 is 0 Å². The number of nitrogens with zero attached hydrogens (tertiary/aromatic N) is 3. The monoisotopic (exact) mass is 419 g/mol. The molecule has 2 heterocycles. The molecule has 0 bridgehead atoms. The van der Waals surface area contributed by atoms with E-state index >= 15 is 0 Å². The van der Waals surface area contributed by atoms with Crippen molar-refractivity contribution in [3.8, 4) is 0 Å². The summed E-state index contributed by atoms with van der Waals surface area (Å²) in [7, 11) is -3.53. The summed E-state index contributed by atoms with van der Waals surface area (Å²) >= 11 is 0. The minimum absolute atomic E-state index is 0.0200. The fraction of sp³-hybridized carbons (Fsp3) is 0.619. The van der Waals surface area contributed by atoms with Crippen molar-refractivity contribution in [1.29, 1.82) is 0 Å². The second kappa shape index (κ2) is 7.81. The van der Waals surface area contributed by atoms with Gasteiger partial charge in [0.1, 0.15) is 0 Å². The van der Waals surface area contributed by atoms with E-state index in [0.29, 0.717) is 43.9 Å². The Balaban J connectivity index is 1.41. The zero-order valence-electron chi connectivity index (χ0n) is 17.0. The van der Waals surface area contributed by atoms with Crippen LogP contribution in [0.4, 0.5) is 0 Å². The highest BCUT2D eigenvalue weighted by atomic mass is 32.2. The fourth-order valence-electron chi connectivity index (χ4n) is 4.83. The third kappa shape index (κ3) is 3.85. The Bertz CT molecular complexity index is 891. The lowest BCUT2D eigenvalue weighted by molar-refractivity contribution is -0.143. The van der Waals surface area contributed by atoms with E-state index in [9.17, 15) is 18.0 Å². The molecule has 0 N–H and O–H groups in total. The summed E-state index contributed by atoms with van der Waals surface area (Å²) in [6.45, 7) is 4.18. The first-order valence-electron chi connectivity index (χ1n) is 10.5. The van der Waals surface area contributed by atoms with Crippen molar-refractivity contribution in [2.45, 2.75) is 50.3 Å². The minimum Gasteiger partial charge on any atom is -0.284 e. The highest BCUT2D eigenvalue weighted by Gasteiger charge is 2.52. The largest absolute Gasteiger partial charge is 0.284 e. The van der Waals surface area contributed by atoms with Crippen molar-refractivity contribution in [3.05, 3.63) is 29.8 Å². The van der Waals surface area contributed by atoms with Gasteiger partial charge in [0, 0.05) is 32.6 Å². The lowest BCUT2D eigenvalue weighted by Crippen LogP contribution is -2.44. The number of benzene rings is 1. The molecule has 29 heavy (non-hydrogen) atoms. The van der Waals surface area contributed by atoms with Gasteiger partial charge in [0.05, 0.1) is 17.0 Å². The first kappa shape index (κ1) is 20.5. The fourth-order valence-corrected chi connectivity index (χ4v) is 6.30. The van der Waals surface area contributed by atoms with Crippen molar-refractivity contribution in [2.75, 3.05) is 32.8 Å². The summed E-state index contributed by atoms with van der Waals surface area (Å²) in [4.78, 5) is 29.2. The van der Waals surface area contributed by atoms with Crippen molar-refractivity contribution >= 4 is 21.8 Å². The molecule has 1 aromatic rings. The van der Waals surface area contributed by atoms with Gasteiger partial charge in [-0.05, 0) is 38.3 Å². The number of carbonyl (C=O) groups is 2. The van der Waals surface area contributed by atoms with Crippen LogP contribution in [0.15, 0.2) is 29.2 Å². The van der Waals surface area contributed by atoms with Crippen LogP contribution in [0.25, 0.3) is 0 Å². The van der Waals surface area contributed by atoms with Gasteiger partial charge in [-0.1, -0.05) is 30.5 Å². The van der Waals surface area contributed by atoms with Crippen LogP contribution in [0.3, 0.4) is 0 Å². The number of aryl methyl sites for hydroxylation is 1. The lowest BCUT2D eigenvalue weighted by atomic mass is 9.85. The maximum absolute atomic E-state index is 13.0. The standard InChI is InChI=1S/C21H29N3O4S/c1-17-5-7-18(8-6-17)29(27,28)23-12-4-11-22(13-14-23)16-24-19(25)15-21(20(24)26)9-2-3-10-21/h5-8H,2-4,9-16H2,1H3. The topological polar surface area (TPSA) is 78.0 Å². The number of hydrogen-bond acceptors (Lipinski definition) is 5. The van der Waals surface area contributed by atoms with Crippen molar-refractivity contribution in [1.82, 2.24) is 14.1 Å². The van der Waals surface area contributed by atoms with Crippen molar-refractivity contribution in [2.24, 2.45) is 5.41 Å². The molecule has 158 valence electrons. The molecular formula is C21H29N3O4S. The molecule has 0 radical (unpaired) electrons. The van der Waals surface area contributed by atoms with Crippen LogP contribution in [0.5, 0.6) is 0 Å². The molecule has 3 aliphatic rings. The molecular weight excluding hydrogens is 390 g/mol. The summed E-state index contributed by atoms with van der Waals surface area (Å²) < 4.78 is 27.4. The SMILES string of the molecule is Cc1ccc(S(=O)(=O)N2CCCN(CN3C(=O)CC4(CCCC4)C3=O)CC2)cc1. The van der Waals surface area contributed by atoms with Gasteiger partial charge in [0.15, 0.2) is 0 Å². The quantitative estimate of drug-likeness (QED) is 0.698. The summed E-state index contributed by atoms with van der Waals surface area (Å²) in [6.07, 6.45) is 4.68. The van der Waals surface area contributed by atoms with Gasteiger partial charge in [-0.25, -0.2) is 8.42 Å². The molecule has 1 aromatic carbocycles. The normalized spacial score (nSPS) is 23.8. The van der Waals surface area contributed by atoms with E-state index < -0.39 is 15.4 Å². The Hall–Kier alpha value is -1.77. The molecule has 8 heteroatoms. The third-order valence-corrected chi connectivity index (χ3v) is 8.51. The minimum atomic E-state index is -3.53. The number of carbonyl (C=O) groups excluding carboxylic acids is 2. The van der Waals surface area contributed by atoms with Crippen LogP contribution in [0.2, 0.25) is 0 Å². The Kier molecular flexibility index (Phi) is 5.52. The van der Waals surface area contributed by atoms with E-state index in [0.717, 1.165) is 31.2 Å². The Morgan fingerprint density at radius 3 is 2.31 bits per heavy atom. The van der Waals surface area contributed by atoms with Gasteiger partial charge < -0.3 is 0 Å². The van der Waals surface area contributed by atoms with E-state index in [-0.39, 0.29) is 18.5 Å². The first-order valence-corrected chi connectivity index (χ1v) is 11.9. The number of likely N-dealkylation sites (tertiary alicyclic amines) is 1. The molecule has 1 aliphatic carbocycles. The van der Waals surface area contributed by atoms with E-state index in [1.165, 1.54) is 9.21 Å². The Labute approximate surface area is 172 Å². The molecule has 2 amide bonds. The number of amides is 2. The maximum Gasteiger partial charge on any atom is 0.243 e. The molecule has 0 unspecified atom stereocenters. The summed E-state index contributed by atoms with van der Waals surface area (Å²) in [5.41, 5.74) is 0.565. The van der Waals surface area contributed by atoms with Gasteiger partial charge in [-0.15, -0.1) is 0 Å². The average Bonchev–Trinajstić information content (AvgIpc) is 3.14. The van der Waals surface area contributed by atoms with Crippen molar-refractivity contribution in [3.63, 3.8) is 0 Å². The molecule has 4 rings (SSSR count). The molecule has 0 atom stereocenters. The molecule has 2 aliphatic heterocycles. The Morgan fingerprint density at radius 2 is 1.62 bits per heavy atom. The zero-order valence-corrected chi connectivity index (χ0v) is 17.8. The summed E-state index contributed by atoms with van der Waals surface area (Å²) in [6, 6.07) is 6.91. The first-order chi connectivity index (χ1) is 13.8. The molecule has 1 saturated carbocycles. The maximum atomic E-state index is 13.0. The second-order valence-electron chi connectivity index (χ2n) is 8.62. The van der Waals surface area contributed by atoms with Crippen LogP contribution in [0, 0.1) is 12.3 Å². The predicted octanol–water partition coefficient (Wildman–Crippen LogP) is 1.97. The molecule has 3 fully saturated rings. The molecule has 7 nitrogen and oxygen atoms in total. The number of imide groups is 1. The average molecular weight is 420 g/mol. The highest BCUT2D eigenvalue weighted by Crippen LogP contribution is 2.46. The molecule has 2 saturated heterocycles. The summed E-state index contributed by atoms with van der Waals surface area (Å²) in [5, 5.41) is 0. The van der Waals surface area contributed by atoms with Gasteiger partial charge in [-0.3, -0.25) is 19.4 Å². The van der Waals surface area contributed by atoms with E-state index in [1.807, 2.05) is 11.8 Å². The van der Waals surface area contributed by atoms with E-state index in [2.05, 4.69) is 0 Å². The van der Waals surface area contributed by atoms with Gasteiger partial charge in [-0.2, -0.15) is 4.31 Å². The summed E-state index contributed by atoms with van der Waals surface area (Å²) in [5.74, 6) is -0.0985. The van der Waals surface area contributed by atoms with Crippen LogP contribution in [-0.2, 0) is 19.6 Å². The van der Waals surface area contributed by atoms with Crippen LogP contribution in [-0.4, -0.2) is 67.2 Å². The predicted molar refractivity (Wildman–Crippen MR) is 108 cm³/mol. The van der Waals surface area contributed by atoms with E-state index in [4.69, 9.17) is 0 Å². The number of sulfonamides is 1. The Morgan fingerprint density at radius 1 is 0.931 bits per heavy atom. The third-order valence-electron chi connectivity index (χ3n) is 6.60. The lowest BCUT2D eigenvalue weighted by Gasteiger charge is -2.27. The van der Waals surface area contributed by atoms with Crippen molar-refractivity contribution < 1.29 is 18.0 Å². The van der Waals surface area contributed by atoms with Gasteiger partial charge in [0.25, 0.3) is 0 Å². The van der Waals surface area contributed by atoms with Gasteiger partial charge >= 0.3 is 0 Å². The highest BCUT2D eigenvalue weighted by molar-refractivity contribution is 7.89.